The normalized spacial score (nSPS) is 13.7. The van der Waals surface area contributed by atoms with Crippen LogP contribution in [0.3, 0.4) is 0 Å². The van der Waals surface area contributed by atoms with Crippen LogP contribution in [-0.2, 0) is 21.3 Å². The van der Waals surface area contributed by atoms with Crippen molar-refractivity contribution < 1.29 is 22.7 Å². The van der Waals surface area contributed by atoms with Gasteiger partial charge in [-0.05, 0) is 76.4 Å². The van der Waals surface area contributed by atoms with Gasteiger partial charge < -0.3 is 14.3 Å². The molecule has 4 aromatic rings. The molecule has 5 rings (SSSR count). The number of fused-ring (bicyclic) bond motifs is 1. The highest BCUT2D eigenvalue weighted by Gasteiger charge is 2.38. The van der Waals surface area contributed by atoms with Crippen LogP contribution in [0.25, 0.3) is 22.0 Å². The Kier molecular flexibility index (Phi) is 7.20. The van der Waals surface area contributed by atoms with E-state index in [2.05, 4.69) is 20.0 Å². The van der Waals surface area contributed by atoms with Crippen LogP contribution in [0.5, 0.6) is 0 Å². The van der Waals surface area contributed by atoms with Crippen LogP contribution >= 0.6 is 0 Å². The number of nitrogens with zero attached hydrogens (tertiary/aromatic N) is 2. The monoisotopic (exact) mass is 577 g/mol. The maximum absolute atomic E-state index is 13.9. The van der Waals surface area contributed by atoms with Gasteiger partial charge in [0.15, 0.2) is 0 Å². The second-order valence-corrected chi connectivity index (χ2v) is 13.0. The number of amides is 2. The van der Waals surface area contributed by atoms with E-state index in [9.17, 15) is 22.8 Å². The largest absolute Gasteiger partial charge is 0.444 e. The zero-order chi connectivity index (χ0) is 29.5. The van der Waals surface area contributed by atoms with Crippen molar-refractivity contribution in [3.05, 3.63) is 82.2 Å². The van der Waals surface area contributed by atoms with Crippen molar-refractivity contribution >= 4 is 38.6 Å². The minimum atomic E-state index is -3.90. The fourth-order valence-corrected chi connectivity index (χ4v) is 5.94. The first-order chi connectivity index (χ1) is 19.3. The number of H-pyrrole nitrogens is 1. The number of aromatic nitrogens is 3. The van der Waals surface area contributed by atoms with Crippen molar-refractivity contribution in [1.82, 2.24) is 19.3 Å². The van der Waals surface area contributed by atoms with Crippen molar-refractivity contribution in [3.8, 4) is 11.1 Å². The molecule has 3 aromatic heterocycles. The molecule has 1 aromatic carbocycles. The lowest BCUT2D eigenvalue weighted by Crippen LogP contribution is -2.35. The molecule has 0 bridgehead atoms. The summed E-state index contributed by atoms with van der Waals surface area (Å²) in [6, 6.07) is 10.5. The quantitative estimate of drug-likeness (QED) is 0.296. The number of hydrogen-bond acceptors (Lipinski definition) is 7. The Morgan fingerprint density at radius 1 is 1.17 bits per heavy atom. The number of ether oxygens (including phenoxy) is 1. The van der Waals surface area contributed by atoms with Crippen molar-refractivity contribution in [2.75, 3.05) is 5.32 Å². The van der Waals surface area contributed by atoms with Crippen LogP contribution in [0, 0.1) is 6.92 Å². The maximum atomic E-state index is 13.9. The van der Waals surface area contributed by atoms with Gasteiger partial charge in [-0.25, -0.2) is 17.9 Å². The summed E-state index contributed by atoms with van der Waals surface area (Å²) in [5, 5.41) is 2.69. The predicted octanol–water partition coefficient (Wildman–Crippen LogP) is 4.32. The summed E-state index contributed by atoms with van der Waals surface area (Å²) in [5.41, 5.74) is 1.80. The molecule has 3 heterocycles. The molecule has 1 saturated carbocycles. The van der Waals surface area contributed by atoms with Gasteiger partial charge in [-0.15, -0.1) is 0 Å². The molecule has 2 amide bonds. The number of rotatable bonds is 7. The number of aryl methyl sites for hydroxylation is 1. The summed E-state index contributed by atoms with van der Waals surface area (Å²) < 4.78 is 35.0. The van der Waals surface area contributed by atoms with Crippen LogP contribution in [-0.4, -0.2) is 45.8 Å². The molecular weight excluding hydrogens is 546 g/mol. The Morgan fingerprint density at radius 2 is 1.93 bits per heavy atom. The molecule has 11 nitrogen and oxygen atoms in total. The number of aromatic amines is 1. The van der Waals surface area contributed by atoms with E-state index >= 15 is 0 Å². The first-order valence-electron chi connectivity index (χ1n) is 13.1. The molecule has 3 N–H and O–H groups in total. The summed E-state index contributed by atoms with van der Waals surface area (Å²) in [7, 11) is -3.90. The predicted molar refractivity (Wildman–Crippen MR) is 155 cm³/mol. The van der Waals surface area contributed by atoms with E-state index in [1.807, 2.05) is 25.1 Å². The Hall–Kier alpha value is -4.45. The van der Waals surface area contributed by atoms with Gasteiger partial charge in [0.1, 0.15) is 11.3 Å². The van der Waals surface area contributed by atoms with Gasteiger partial charge in [0.25, 0.3) is 11.5 Å². The van der Waals surface area contributed by atoms with Crippen LogP contribution in [0.1, 0.15) is 55.2 Å². The Labute approximate surface area is 237 Å². The van der Waals surface area contributed by atoms with Gasteiger partial charge in [-0.3, -0.25) is 19.9 Å². The second-order valence-electron chi connectivity index (χ2n) is 11.1. The van der Waals surface area contributed by atoms with Crippen molar-refractivity contribution in [1.29, 1.82) is 0 Å². The van der Waals surface area contributed by atoms with Gasteiger partial charge in [-0.1, -0.05) is 11.6 Å². The third-order valence-corrected chi connectivity index (χ3v) is 8.41. The van der Waals surface area contributed by atoms with E-state index in [-0.39, 0.29) is 17.8 Å². The number of carbonyl (C=O) groups excluding carboxylic acids is 2. The van der Waals surface area contributed by atoms with Gasteiger partial charge in [0.2, 0.25) is 10.0 Å². The summed E-state index contributed by atoms with van der Waals surface area (Å²) >= 11 is 0. The van der Waals surface area contributed by atoms with E-state index in [0.29, 0.717) is 40.6 Å². The van der Waals surface area contributed by atoms with Crippen molar-refractivity contribution in [2.24, 2.45) is 0 Å². The van der Waals surface area contributed by atoms with Gasteiger partial charge >= 0.3 is 6.09 Å². The van der Waals surface area contributed by atoms with Gasteiger partial charge in [0, 0.05) is 34.4 Å². The minimum Gasteiger partial charge on any atom is -0.444 e. The fraction of sp³-hybridized carbons (Fsp3) is 0.310. The second kappa shape index (κ2) is 10.5. The third-order valence-electron chi connectivity index (χ3n) is 6.60. The molecule has 1 fully saturated rings. The molecule has 0 saturated heterocycles. The van der Waals surface area contributed by atoms with Gasteiger partial charge in [0.05, 0.1) is 23.7 Å². The van der Waals surface area contributed by atoms with E-state index in [1.165, 1.54) is 12.4 Å². The lowest BCUT2D eigenvalue weighted by Gasteiger charge is -2.20. The van der Waals surface area contributed by atoms with Gasteiger partial charge in [-0.2, -0.15) is 0 Å². The molecule has 1 aliphatic rings. The van der Waals surface area contributed by atoms with Crippen molar-refractivity contribution in [3.63, 3.8) is 0 Å². The highest BCUT2D eigenvalue weighted by atomic mass is 32.2. The zero-order valence-corrected chi connectivity index (χ0v) is 24.0. The minimum absolute atomic E-state index is 0.00607. The molecule has 214 valence electrons. The lowest BCUT2D eigenvalue weighted by atomic mass is 10.0. The Bertz CT molecular complexity index is 1830. The molecule has 0 radical (unpaired) electrons. The molecule has 41 heavy (non-hydrogen) atoms. The average Bonchev–Trinajstić information content (AvgIpc) is 3.69. The number of anilines is 1. The summed E-state index contributed by atoms with van der Waals surface area (Å²) in [6.45, 7) is 7.18. The molecule has 0 spiro atoms. The molecule has 1 aliphatic carbocycles. The first-order valence-corrected chi connectivity index (χ1v) is 14.7. The highest BCUT2D eigenvalue weighted by molar-refractivity contribution is 7.91. The fourth-order valence-electron chi connectivity index (χ4n) is 4.66. The lowest BCUT2D eigenvalue weighted by molar-refractivity contribution is 0.0635. The number of pyridine rings is 2. The summed E-state index contributed by atoms with van der Waals surface area (Å²) in [5.74, 6) is -0.847. The molecule has 0 unspecified atom stereocenters. The van der Waals surface area contributed by atoms with Crippen molar-refractivity contribution in [2.45, 2.75) is 57.9 Å². The standard InChI is InChI=1S/C29H31N5O6S/c1-17-7-10-23-21(14-17)24(20-6-5-12-31-26(20)35)25(27(36)33-41(38,39)19-8-9-19)34(23)16-18-11-13-30-15-22(18)32-28(37)40-29(2,3)4/h5-7,10-15,19H,8-9,16H2,1-4H3,(H,31,35)(H,32,37)(H,33,36). The number of carbonyl (C=O) groups is 2. The van der Waals surface area contributed by atoms with E-state index < -0.39 is 38.4 Å². The Balaban J connectivity index is 1.70. The first kappa shape index (κ1) is 28.1. The number of hydrogen-bond donors (Lipinski definition) is 3. The summed E-state index contributed by atoms with van der Waals surface area (Å²) in [6.07, 6.45) is 4.78. The summed E-state index contributed by atoms with van der Waals surface area (Å²) in [4.78, 5) is 46.2. The van der Waals surface area contributed by atoms with Crippen LogP contribution in [0.4, 0.5) is 10.5 Å². The SMILES string of the molecule is Cc1ccc2c(c1)c(-c1ccc[nH]c1=O)c(C(=O)NS(=O)(=O)C1CC1)n2Cc1ccncc1NC(=O)OC(C)(C)C. The molecule has 0 aliphatic heterocycles. The molecule has 12 heteroatoms. The average molecular weight is 578 g/mol. The topological polar surface area (TPSA) is 152 Å². The molecule has 0 atom stereocenters. The molecular formula is C29H31N5O6S. The van der Waals surface area contributed by atoms with E-state index in [4.69, 9.17) is 4.74 Å². The highest BCUT2D eigenvalue weighted by Crippen LogP contribution is 2.36. The van der Waals surface area contributed by atoms with Crippen LogP contribution < -0.4 is 15.6 Å². The van der Waals surface area contributed by atoms with Crippen LogP contribution in [0.15, 0.2) is 59.8 Å². The number of sulfonamides is 1. The zero-order valence-electron chi connectivity index (χ0n) is 23.1. The number of nitrogens with one attached hydrogen (secondary N) is 3. The van der Waals surface area contributed by atoms with Crippen LogP contribution in [0.2, 0.25) is 0 Å². The maximum Gasteiger partial charge on any atom is 0.412 e. The smallest absolute Gasteiger partial charge is 0.412 e. The Morgan fingerprint density at radius 3 is 2.61 bits per heavy atom. The van der Waals surface area contributed by atoms with E-state index in [0.717, 1.165) is 5.56 Å². The third kappa shape index (κ3) is 6.02. The van der Waals surface area contributed by atoms with E-state index in [1.54, 1.807) is 49.7 Å². The number of benzene rings is 1.